The van der Waals surface area contributed by atoms with Crippen molar-refractivity contribution in [2.45, 2.75) is 26.4 Å². The van der Waals surface area contributed by atoms with E-state index in [9.17, 15) is 9.59 Å². The number of aromatic nitrogens is 2. The molecule has 1 aromatic heterocycles. The molecular weight excluding hydrogens is 232 g/mol. The largest absolute Gasteiger partial charge is 0.339 e. The molecule has 0 bridgehead atoms. The zero-order chi connectivity index (χ0) is 13.1. The molecule has 1 aromatic rings. The summed E-state index contributed by atoms with van der Waals surface area (Å²) in [7, 11) is 0. The van der Waals surface area contributed by atoms with Crippen LogP contribution in [0.25, 0.3) is 0 Å². The van der Waals surface area contributed by atoms with Crippen LogP contribution in [0.5, 0.6) is 0 Å². The minimum Gasteiger partial charge on any atom is -0.339 e. The predicted octanol–water partition coefficient (Wildman–Crippen LogP) is -0.337. The molecule has 6 heteroatoms. The minimum absolute atomic E-state index is 0.0140. The number of piperazine rings is 1. The fourth-order valence-electron chi connectivity index (χ4n) is 2.10. The van der Waals surface area contributed by atoms with Crippen LogP contribution in [0.1, 0.15) is 19.9 Å². The SMILES string of the molecule is CC(C)n1ccn(CC(=O)N2CCNCC2)c1=O. The van der Waals surface area contributed by atoms with Gasteiger partial charge in [0.1, 0.15) is 6.54 Å². The lowest BCUT2D eigenvalue weighted by Crippen LogP contribution is -2.48. The number of carbonyl (C=O) groups is 1. The van der Waals surface area contributed by atoms with E-state index >= 15 is 0 Å². The normalized spacial score (nSPS) is 16.3. The Kier molecular flexibility index (Phi) is 3.86. The van der Waals surface area contributed by atoms with Crippen LogP contribution in [0.3, 0.4) is 0 Å². The van der Waals surface area contributed by atoms with Crippen molar-refractivity contribution in [2.75, 3.05) is 26.2 Å². The second-order valence-electron chi connectivity index (χ2n) is 4.84. The van der Waals surface area contributed by atoms with E-state index in [2.05, 4.69) is 5.32 Å². The average Bonchev–Trinajstić information content (AvgIpc) is 2.72. The summed E-state index contributed by atoms with van der Waals surface area (Å²) in [6, 6.07) is 0.119. The number of amides is 1. The van der Waals surface area contributed by atoms with Gasteiger partial charge in [-0.25, -0.2) is 4.79 Å². The second kappa shape index (κ2) is 5.39. The van der Waals surface area contributed by atoms with Crippen LogP contribution in [0.4, 0.5) is 0 Å². The van der Waals surface area contributed by atoms with Crippen LogP contribution in [0.15, 0.2) is 17.2 Å². The lowest BCUT2D eigenvalue weighted by Gasteiger charge is -2.27. The number of hydrogen-bond acceptors (Lipinski definition) is 3. The molecule has 0 aliphatic carbocycles. The monoisotopic (exact) mass is 252 g/mol. The van der Waals surface area contributed by atoms with E-state index in [1.54, 1.807) is 21.9 Å². The van der Waals surface area contributed by atoms with Gasteiger partial charge in [0.25, 0.3) is 0 Å². The molecule has 0 spiro atoms. The summed E-state index contributed by atoms with van der Waals surface area (Å²) in [5.41, 5.74) is -0.117. The third kappa shape index (κ3) is 2.64. The molecule has 1 N–H and O–H groups in total. The molecule has 1 aliphatic heterocycles. The van der Waals surface area contributed by atoms with Crippen molar-refractivity contribution in [1.82, 2.24) is 19.4 Å². The molecule has 0 unspecified atom stereocenters. The van der Waals surface area contributed by atoms with Gasteiger partial charge >= 0.3 is 5.69 Å². The zero-order valence-corrected chi connectivity index (χ0v) is 10.9. The molecule has 1 saturated heterocycles. The molecule has 100 valence electrons. The van der Waals surface area contributed by atoms with Gasteiger partial charge in [0.2, 0.25) is 5.91 Å². The number of hydrogen-bond donors (Lipinski definition) is 1. The summed E-state index contributed by atoms with van der Waals surface area (Å²) in [6.45, 7) is 7.13. The first kappa shape index (κ1) is 12.9. The van der Waals surface area contributed by atoms with Crippen molar-refractivity contribution in [1.29, 1.82) is 0 Å². The molecule has 1 aliphatic rings. The fourth-order valence-corrected chi connectivity index (χ4v) is 2.10. The summed E-state index contributed by atoms with van der Waals surface area (Å²) in [6.07, 6.45) is 3.42. The molecule has 2 rings (SSSR count). The number of rotatable bonds is 3. The standard InChI is InChI=1S/C12H20N4O2/c1-10(2)16-8-7-15(12(16)18)9-11(17)14-5-3-13-4-6-14/h7-8,10,13H,3-6,9H2,1-2H3. The predicted molar refractivity (Wildman–Crippen MR) is 68.5 cm³/mol. The molecule has 0 saturated carbocycles. The minimum atomic E-state index is -0.117. The first-order valence-corrected chi connectivity index (χ1v) is 6.35. The van der Waals surface area contributed by atoms with Gasteiger partial charge in [-0.15, -0.1) is 0 Å². The number of nitrogens with zero attached hydrogens (tertiary/aromatic N) is 3. The van der Waals surface area contributed by atoms with Gasteiger partial charge in [-0.1, -0.05) is 0 Å². The van der Waals surface area contributed by atoms with Gasteiger partial charge in [-0.3, -0.25) is 13.9 Å². The van der Waals surface area contributed by atoms with Crippen molar-refractivity contribution < 1.29 is 4.79 Å². The maximum Gasteiger partial charge on any atom is 0.328 e. The Morgan fingerprint density at radius 2 is 2.00 bits per heavy atom. The Balaban J connectivity index is 2.05. The van der Waals surface area contributed by atoms with Crippen molar-refractivity contribution >= 4 is 5.91 Å². The smallest absolute Gasteiger partial charge is 0.328 e. The topological polar surface area (TPSA) is 59.3 Å². The van der Waals surface area contributed by atoms with Gasteiger partial charge in [-0.2, -0.15) is 0 Å². The van der Waals surface area contributed by atoms with E-state index in [1.165, 1.54) is 4.57 Å². The quantitative estimate of drug-likeness (QED) is 0.801. The molecule has 18 heavy (non-hydrogen) atoms. The Bertz CT molecular complexity index is 469. The van der Waals surface area contributed by atoms with Crippen LogP contribution in [-0.2, 0) is 11.3 Å². The van der Waals surface area contributed by atoms with Crippen LogP contribution >= 0.6 is 0 Å². The fraction of sp³-hybridized carbons (Fsp3) is 0.667. The lowest BCUT2D eigenvalue weighted by atomic mass is 10.3. The molecule has 0 atom stereocenters. The molecule has 0 aromatic carbocycles. The molecule has 1 fully saturated rings. The Hall–Kier alpha value is -1.56. The highest BCUT2D eigenvalue weighted by atomic mass is 16.2. The highest BCUT2D eigenvalue weighted by Crippen LogP contribution is 2.00. The maximum atomic E-state index is 12.0. The van der Waals surface area contributed by atoms with Gasteiger partial charge in [0, 0.05) is 44.6 Å². The second-order valence-corrected chi connectivity index (χ2v) is 4.84. The van der Waals surface area contributed by atoms with Crippen molar-refractivity contribution in [2.24, 2.45) is 0 Å². The Morgan fingerprint density at radius 3 is 2.56 bits per heavy atom. The third-order valence-electron chi connectivity index (χ3n) is 3.21. The van der Waals surface area contributed by atoms with Crippen LogP contribution in [-0.4, -0.2) is 46.1 Å². The van der Waals surface area contributed by atoms with Crippen molar-refractivity contribution in [3.8, 4) is 0 Å². The summed E-state index contributed by atoms with van der Waals surface area (Å²) < 4.78 is 3.11. The number of nitrogens with one attached hydrogen (secondary N) is 1. The lowest BCUT2D eigenvalue weighted by molar-refractivity contribution is -0.132. The van der Waals surface area contributed by atoms with E-state index in [0.717, 1.165) is 26.2 Å². The summed E-state index contributed by atoms with van der Waals surface area (Å²) in [5.74, 6) is 0.0140. The van der Waals surface area contributed by atoms with E-state index < -0.39 is 0 Å². The number of imidazole rings is 1. The molecule has 2 heterocycles. The van der Waals surface area contributed by atoms with E-state index in [4.69, 9.17) is 0 Å². The molecule has 1 amide bonds. The van der Waals surface area contributed by atoms with Crippen LogP contribution < -0.4 is 11.0 Å². The highest BCUT2D eigenvalue weighted by molar-refractivity contribution is 5.76. The number of carbonyl (C=O) groups excluding carboxylic acids is 1. The van der Waals surface area contributed by atoms with Gasteiger partial charge in [-0.05, 0) is 13.8 Å². The third-order valence-corrected chi connectivity index (χ3v) is 3.21. The van der Waals surface area contributed by atoms with E-state index in [0.29, 0.717) is 0 Å². The van der Waals surface area contributed by atoms with Crippen molar-refractivity contribution in [3.05, 3.63) is 22.9 Å². The van der Waals surface area contributed by atoms with Gasteiger partial charge in [0.05, 0.1) is 0 Å². The van der Waals surface area contributed by atoms with Crippen molar-refractivity contribution in [3.63, 3.8) is 0 Å². The Morgan fingerprint density at radius 1 is 1.33 bits per heavy atom. The van der Waals surface area contributed by atoms with Crippen LogP contribution in [0, 0.1) is 0 Å². The first-order valence-electron chi connectivity index (χ1n) is 6.35. The van der Waals surface area contributed by atoms with Gasteiger partial charge in [0.15, 0.2) is 0 Å². The highest BCUT2D eigenvalue weighted by Gasteiger charge is 2.17. The zero-order valence-electron chi connectivity index (χ0n) is 10.9. The van der Waals surface area contributed by atoms with E-state index in [-0.39, 0.29) is 24.2 Å². The summed E-state index contributed by atoms with van der Waals surface area (Å²) in [4.78, 5) is 25.8. The van der Waals surface area contributed by atoms with E-state index in [1.807, 2.05) is 13.8 Å². The summed E-state index contributed by atoms with van der Waals surface area (Å²) in [5, 5.41) is 3.20. The van der Waals surface area contributed by atoms with Gasteiger partial charge < -0.3 is 10.2 Å². The molecule has 0 radical (unpaired) electrons. The maximum absolute atomic E-state index is 12.0. The first-order chi connectivity index (χ1) is 8.59. The molecular formula is C12H20N4O2. The van der Waals surface area contributed by atoms with Crippen LogP contribution in [0.2, 0.25) is 0 Å². The summed E-state index contributed by atoms with van der Waals surface area (Å²) >= 11 is 0. The Labute approximate surface area is 106 Å². The average molecular weight is 252 g/mol. The molecule has 6 nitrogen and oxygen atoms in total.